The molecule has 3 aromatic heterocycles. The largest absolute Gasteiger partial charge is 0.433 e. The van der Waals surface area contributed by atoms with Crippen LogP contribution in [0.5, 0.6) is 0 Å². The van der Waals surface area contributed by atoms with Gasteiger partial charge in [0.2, 0.25) is 0 Å². The highest BCUT2D eigenvalue weighted by Crippen LogP contribution is 2.26. The summed E-state index contributed by atoms with van der Waals surface area (Å²) < 4.78 is 40.9. The van der Waals surface area contributed by atoms with E-state index in [1.54, 1.807) is 4.52 Å². The molecule has 0 atom stereocenters. The molecule has 4 heterocycles. The fraction of sp³-hybridized carbons (Fsp3) is 0.500. The number of hydrogen-bond donors (Lipinski definition) is 0. The summed E-state index contributed by atoms with van der Waals surface area (Å²) >= 11 is 0. The lowest BCUT2D eigenvalue weighted by Crippen LogP contribution is -2.36. The summed E-state index contributed by atoms with van der Waals surface area (Å²) in [7, 11) is 0. The standard InChI is InChI=1S/C18H20F3N7O/c1-12-2-3-15-23-24-16(28(15)25-12)10-26-6-4-13(5-7-26)9-27-11-22-14(8-17(27)29)18(19,20)21/h2-3,8,11,13H,4-7,9-10H2,1H3. The van der Waals surface area contributed by atoms with Gasteiger partial charge in [0.15, 0.2) is 17.2 Å². The van der Waals surface area contributed by atoms with Crippen molar-refractivity contribution in [1.29, 1.82) is 0 Å². The first-order valence-corrected chi connectivity index (χ1v) is 9.33. The van der Waals surface area contributed by atoms with E-state index in [4.69, 9.17) is 0 Å². The molecule has 154 valence electrons. The first kappa shape index (κ1) is 19.5. The molecule has 29 heavy (non-hydrogen) atoms. The van der Waals surface area contributed by atoms with Crippen molar-refractivity contribution in [3.8, 4) is 0 Å². The number of alkyl halides is 3. The molecule has 0 bridgehead atoms. The molecule has 0 aromatic carbocycles. The Morgan fingerprint density at radius 1 is 1.17 bits per heavy atom. The predicted molar refractivity (Wildman–Crippen MR) is 97.0 cm³/mol. The first-order chi connectivity index (χ1) is 13.8. The summed E-state index contributed by atoms with van der Waals surface area (Å²) in [5.74, 6) is 0.975. The lowest BCUT2D eigenvalue weighted by Gasteiger charge is -2.31. The molecule has 3 aromatic rings. The molecule has 0 radical (unpaired) electrons. The lowest BCUT2D eigenvalue weighted by molar-refractivity contribution is -0.141. The topological polar surface area (TPSA) is 81.2 Å². The number of fused-ring (bicyclic) bond motifs is 1. The molecule has 0 unspecified atom stereocenters. The van der Waals surface area contributed by atoms with Crippen LogP contribution >= 0.6 is 0 Å². The quantitative estimate of drug-likeness (QED) is 0.657. The van der Waals surface area contributed by atoms with Crippen molar-refractivity contribution in [3.63, 3.8) is 0 Å². The van der Waals surface area contributed by atoms with Crippen LogP contribution in [0.1, 0.15) is 30.1 Å². The van der Waals surface area contributed by atoms with E-state index in [0.29, 0.717) is 24.8 Å². The summed E-state index contributed by atoms with van der Waals surface area (Å²) in [6, 6.07) is 4.32. The molecule has 11 heteroatoms. The number of aryl methyl sites for hydroxylation is 1. The van der Waals surface area contributed by atoms with Gasteiger partial charge in [-0.3, -0.25) is 14.3 Å². The second-order valence-corrected chi connectivity index (χ2v) is 7.34. The van der Waals surface area contributed by atoms with E-state index in [0.717, 1.165) is 43.8 Å². The molecular formula is C18H20F3N7O. The van der Waals surface area contributed by atoms with Gasteiger partial charge < -0.3 is 0 Å². The highest BCUT2D eigenvalue weighted by Gasteiger charge is 2.33. The van der Waals surface area contributed by atoms with E-state index < -0.39 is 17.4 Å². The maximum absolute atomic E-state index is 12.6. The smallest absolute Gasteiger partial charge is 0.299 e. The van der Waals surface area contributed by atoms with E-state index in [-0.39, 0.29) is 5.92 Å². The third kappa shape index (κ3) is 4.29. The highest BCUT2D eigenvalue weighted by atomic mass is 19.4. The number of rotatable bonds is 4. The van der Waals surface area contributed by atoms with E-state index in [1.165, 1.54) is 4.57 Å². The molecule has 0 N–H and O–H groups in total. The van der Waals surface area contributed by atoms with E-state index in [9.17, 15) is 18.0 Å². The Hall–Kier alpha value is -2.82. The third-order valence-corrected chi connectivity index (χ3v) is 5.16. The van der Waals surface area contributed by atoms with Gasteiger partial charge in [0.25, 0.3) is 5.56 Å². The number of halogens is 3. The molecule has 1 fully saturated rings. The Balaban J connectivity index is 1.36. The van der Waals surface area contributed by atoms with Crippen LogP contribution in [-0.2, 0) is 19.3 Å². The molecule has 0 aliphatic carbocycles. The van der Waals surface area contributed by atoms with Crippen molar-refractivity contribution in [2.75, 3.05) is 13.1 Å². The van der Waals surface area contributed by atoms with Crippen LogP contribution in [0.25, 0.3) is 5.65 Å². The molecule has 8 nitrogen and oxygen atoms in total. The maximum atomic E-state index is 12.6. The second kappa shape index (κ2) is 7.54. The van der Waals surface area contributed by atoms with Crippen molar-refractivity contribution in [2.24, 2.45) is 5.92 Å². The van der Waals surface area contributed by atoms with Crippen LogP contribution in [0.2, 0.25) is 0 Å². The molecule has 1 saturated heterocycles. The number of nitrogens with zero attached hydrogens (tertiary/aromatic N) is 7. The van der Waals surface area contributed by atoms with E-state index in [1.807, 2.05) is 19.1 Å². The van der Waals surface area contributed by atoms with Gasteiger partial charge in [0.05, 0.1) is 18.6 Å². The van der Waals surface area contributed by atoms with Gasteiger partial charge in [-0.05, 0) is 50.9 Å². The predicted octanol–water partition coefficient (Wildman–Crippen LogP) is 1.92. The molecule has 4 rings (SSSR count). The minimum absolute atomic E-state index is 0.206. The van der Waals surface area contributed by atoms with Gasteiger partial charge >= 0.3 is 6.18 Å². The highest BCUT2D eigenvalue weighted by molar-refractivity contribution is 5.35. The zero-order valence-electron chi connectivity index (χ0n) is 15.8. The Labute approximate surface area is 164 Å². The van der Waals surface area contributed by atoms with E-state index >= 15 is 0 Å². The minimum atomic E-state index is -4.61. The van der Waals surface area contributed by atoms with Crippen molar-refractivity contribution in [2.45, 2.75) is 39.0 Å². The summed E-state index contributed by atoms with van der Waals surface area (Å²) in [5.41, 5.74) is -0.244. The first-order valence-electron chi connectivity index (χ1n) is 9.33. The van der Waals surface area contributed by atoms with Crippen molar-refractivity contribution < 1.29 is 13.2 Å². The Morgan fingerprint density at radius 3 is 2.62 bits per heavy atom. The van der Waals surface area contributed by atoms with Crippen LogP contribution in [0.4, 0.5) is 13.2 Å². The van der Waals surface area contributed by atoms with Crippen LogP contribution in [0, 0.1) is 12.8 Å². The summed E-state index contributed by atoms with van der Waals surface area (Å²) in [6.45, 7) is 4.49. The monoisotopic (exact) mass is 407 g/mol. The summed E-state index contributed by atoms with van der Waals surface area (Å²) in [6.07, 6.45) is -1.95. The van der Waals surface area contributed by atoms with Gasteiger partial charge in [-0.1, -0.05) is 0 Å². The Bertz CT molecular complexity index is 1070. The number of piperidine rings is 1. The fourth-order valence-corrected chi connectivity index (χ4v) is 3.55. The fourth-order valence-electron chi connectivity index (χ4n) is 3.55. The second-order valence-electron chi connectivity index (χ2n) is 7.34. The van der Waals surface area contributed by atoms with Gasteiger partial charge in [0.1, 0.15) is 0 Å². The van der Waals surface area contributed by atoms with E-state index in [2.05, 4.69) is 25.2 Å². The summed E-state index contributed by atoms with van der Waals surface area (Å²) in [5, 5.41) is 12.8. The average Bonchev–Trinajstić information content (AvgIpc) is 3.06. The zero-order chi connectivity index (χ0) is 20.6. The lowest BCUT2D eigenvalue weighted by atomic mass is 9.96. The Kier molecular flexibility index (Phi) is 5.07. The molecule has 0 saturated carbocycles. The van der Waals surface area contributed by atoms with Crippen LogP contribution in [-0.4, -0.2) is 47.4 Å². The van der Waals surface area contributed by atoms with Gasteiger partial charge in [0, 0.05) is 12.6 Å². The molecule has 1 aliphatic heterocycles. The minimum Gasteiger partial charge on any atom is -0.299 e. The molecular weight excluding hydrogens is 387 g/mol. The van der Waals surface area contributed by atoms with Gasteiger partial charge in [-0.2, -0.15) is 22.8 Å². The van der Waals surface area contributed by atoms with Gasteiger partial charge in [-0.15, -0.1) is 10.2 Å². The number of likely N-dealkylation sites (tertiary alicyclic amines) is 1. The summed E-state index contributed by atoms with van der Waals surface area (Å²) in [4.78, 5) is 17.6. The van der Waals surface area contributed by atoms with Gasteiger partial charge in [-0.25, -0.2) is 4.98 Å². The number of aromatic nitrogens is 6. The maximum Gasteiger partial charge on any atom is 0.433 e. The zero-order valence-corrected chi connectivity index (χ0v) is 15.8. The normalized spacial score (nSPS) is 16.6. The van der Waals surface area contributed by atoms with Crippen LogP contribution in [0.15, 0.2) is 29.3 Å². The third-order valence-electron chi connectivity index (χ3n) is 5.16. The molecule has 1 aliphatic rings. The van der Waals surface area contributed by atoms with Crippen LogP contribution < -0.4 is 5.56 Å². The van der Waals surface area contributed by atoms with Crippen molar-refractivity contribution >= 4 is 5.65 Å². The SMILES string of the molecule is Cc1ccc2nnc(CN3CCC(Cn4cnc(C(F)(F)F)cc4=O)CC3)n2n1. The molecule has 0 spiro atoms. The van der Waals surface area contributed by atoms with Crippen molar-refractivity contribution in [3.05, 3.63) is 52.1 Å². The average molecular weight is 407 g/mol. The van der Waals surface area contributed by atoms with Crippen LogP contribution in [0.3, 0.4) is 0 Å². The number of hydrogen-bond acceptors (Lipinski definition) is 6. The Morgan fingerprint density at radius 2 is 1.93 bits per heavy atom. The van der Waals surface area contributed by atoms with Crippen molar-refractivity contribution in [1.82, 2.24) is 34.3 Å². The molecule has 0 amide bonds.